The van der Waals surface area contributed by atoms with Gasteiger partial charge in [-0.15, -0.1) is 15.3 Å². The number of hydrogen-bond donors (Lipinski definition) is 7. The molecule has 0 aromatic heterocycles. The maximum absolute atomic E-state index is 11.8. The van der Waals surface area contributed by atoms with Gasteiger partial charge in [0.05, 0.1) is 28.3 Å². The lowest BCUT2D eigenvalue weighted by atomic mass is 10.1. The fraction of sp³-hybridized carbons (Fsp3) is 0.114. The second kappa shape index (κ2) is 17.8. The van der Waals surface area contributed by atoms with E-state index in [1.54, 1.807) is 19.9 Å². The number of carbonyl (C=O) groups excluding carboxylic acids is 2. The van der Waals surface area contributed by atoms with Gasteiger partial charge in [-0.25, -0.2) is 4.79 Å². The Hall–Kier alpha value is -7.41. The number of nitrogens with zero attached hydrogens (tertiary/aromatic N) is 6. The third-order valence-electron chi connectivity index (χ3n) is 7.80. The van der Waals surface area contributed by atoms with Crippen LogP contribution in [0.2, 0.25) is 0 Å². The van der Waals surface area contributed by atoms with Crippen LogP contribution in [0, 0.1) is 13.8 Å². The number of fused-ring (bicyclic) bond motifs is 1. The first-order chi connectivity index (χ1) is 27.8. The predicted molar refractivity (Wildman–Crippen MR) is 209 cm³/mol. The Morgan fingerprint density at radius 1 is 0.746 bits per heavy atom. The molecule has 59 heavy (non-hydrogen) atoms. The number of azo groups is 3. The summed E-state index contributed by atoms with van der Waals surface area (Å²) < 4.78 is 70.3. The molecule has 306 valence electrons. The van der Waals surface area contributed by atoms with Crippen LogP contribution < -0.4 is 30.9 Å². The number of primary amides is 2. The van der Waals surface area contributed by atoms with Crippen molar-refractivity contribution in [1.29, 1.82) is 0 Å². The van der Waals surface area contributed by atoms with Crippen LogP contribution >= 0.6 is 0 Å². The average molecular weight is 850 g/mol. The molecule has 0 aliphatic rings. The Balaban J connectivity index is 1.55. The number of ether oxygens (including phenoxy) is 2. The smallest absolute Gasteiger partial charge is 0.357 e. The number of nitrogens with two attached hydrogens (primary N) is 3. The summed E-state index contributed by atoms with van der Waals surface area (Å²) >= 11 is -2.97. The monoisotopic (exact) mass is 849 g/mol. The highest BCUT2D eigenvalue weighted by Gasteiger charge is 2.22. The van der Waals surface area contributed by atoms with Crippen molar-refractivity contribution in [3.05, 3.63) is 83.4 Å². The molecule has 5 rings (SSSR count). The van der Waals surface area contributed by atoms with Gasteiger partial charge in [-0.3, -0.25) is 18.7 Å². The molecule has 0 saturated carbocycles. The Kier molecular flexibility index (Phi) is 12.9. The lowest BCUT2D eigenvalue weighted by molar-refractivity contribution is -0.120. The Morgan fingerprint density at radius 3 is 1.81 bits per heavy atom. The molecule has 10 N–H and O–H groups in total. The number of amides is 2. The highest BCUT2D eigenvalue weighted by Crippen LogP contribution is 2.46. The van der Waals surface area contributed by atoms with Gasteiger partial charge in [-0.05, 0) is 78.9 Å². The lowest BCUT2D eigenvalue weighted by Crippen LogP contribution is -2.20. The number of hydrogen-bond acceptors (Lipinski definition) is 17. The van der Waals surface area contributed by atoms with Crippen LogP contribution in [0.25, 0.3) is 10.8 Å². The number of anilines is 1. The molecule has 0 saturated heterocycles. The van der Waals surface area contributed by atoms with Crippen molar-refractivity contribution in [2.45, 2.75) is 18.7 Å². The number of aromatic carboxylic acids is 1. The van der Waals surface area contributed by atoms with Gasteiger partial charge in [0, 0.05) is 17.5 Å². The van der Waals surface area contributed by atoms with Gasteiger partial charge in [0.25, 0.3) is 21.9 Å². The zero-order valence-electron chi connectivity index (χ0n) is 30.5. The van der Waals surface area contributed by atoms with Gasteiger partial charge in [0.1, 0.15) is 27.8 Å². The second-order valence-corrected chi connectivity index (χ2v) is 14.1. The molecule has 24 heteroatoms. The van der Waals surface area contributed by atoms with Gasteiger partial charge in [0.15, 0.2) is 30.4 Å². The molecule has 0 bridgehead atoms. The molecule has 0 spiro atoms. The largest absolute Gasteiger partial charge is 0.505 e. The number of carbonyl (C=O) groups is 3. The molecular formula is C35H31N9O13S2. The van der Waals surface area contributed by atoms with Gasteiger partial charge in [-0.1, -0.05) is 6.07 Å². The van der Waals surface area contributed by atoms with Gasteiger partial charge in [0.2, 0.25) is 0 Å². The summed E-state index contributed by atoms with van der Waals surface area (Å²) in [5.74, 6) is -4.18. The molecule has 0 radical (unpaired) electrons. The minimum Gasteiger partial charge on any atom is -0.505 e. The molecule has 0 aliphatic heterocycles. The van der Waals surface area contributed by atoms with E-state index in [2.05, 4.69) is 30.7 Å². The van der Waals surface area contributed by atoms with Crippen molar-refractivity contribution in [3.8, 4) is 23.0 Å². The first-order valence-corrected chi connectivity index (χ1v) is 18.8. The molecule has 22 nitrogen and oxygen atoms in total. The van der Waals surface area contributed by atoms with Crippen molar-refractivity contribution in [3.63, 3.8) is 0 Å². The van der Waals surface area contributed by atoms with Crippen LogP contribution in [0.5, 0.6) is 23.0 Å². The van der Waals surface area contributed by atoms with Crippen molar-refractivity contribution < 1.29 is 60.0 Å². The van der Waals surface area contributed by atoms with Crippen molar-refractivity contribution >= 4 is 89.8 Å². The van der Waals surface area contributed by atoms with Gasteiger partial charge >= 0.3 is 17.3 Å². The first-order valence-electron chi connectivity index (χ1n) is 16.4. The van der Waals surface area contributed by atoms with Crippen LogP contribution in [0.1, 0.15) is 21.5 Å². The Labute approximate surface area is 335 Å². The number of carboxylic acid groups (broad SMARTS) is 1. The summed E-state index contributed by atoms with van der Waals surface area (Å²) in [6.45, 7) is 2.08. The molecule has 5 aromatic carbocycles. The zero-order chi connectivity index (χ0) is 43.2. The highest BCUT2D eigenvalue weighted by molar-refractivity contribution is 7.86. The molecule has 1 atom stereocenters. The highest BCUT2D eigenvalue weighted by atomic mass is 32.2. The number of nitrogen functional groups attached to an aromatic ring is 1. The van der Waals surface area contributed by atoms with Crippen LogP contribution in [0.15, 0.2) is 102 Å². The molecule has 1 unspecified atom stereocenters. The van der Waals surface area contributed by atoms with Gasteiger partial charge < -0.3 is 41.1 Å². The van der Waals surface area contributed by atoms with Crippen LogP contribution in [0.4, 0.5) is 39.8 Å². The molecule has 0 heterocycles. The van der Waals surface area contributed by atoms with E-state index in [9.17, 15) is 46.3 Å². The van der Waals surface area contributed by atoms with E-state index in [4.69, 9.17) is 30.9 Å². The van der Waals surface area contributed by atoms with E-state index in [0.29, 0.717) is 11.1 Å². The number of aryl methyl sites for hydroxylation is 2. The molecular weight excluding hydrogens is 819 g/mol. The maximum atomic E-state index is 11.8. The van der Waals surface area contributed by atoms with E-state index >= 15 is 0 Å². The second-order valence-electron chi connectivity index (χ2n) is 12.1. The summed E-state index contributed by atoms with van der Waals surface area (Å²) in [6.07, 6.45) is 0. The van der Waals surface area contributed by atoms with Crippen molar-refractivity contribution in [2.24, 2.45) is 42.2 Å². The minimum absolute atomic E-state index is 0.00549. The number of carboxylic acids is 1. The quantitative estimate of drug-likeness (QED) is 0.0252. The van der Waals surface area contributed by atoms with E-state index in [1.807, 2.05) is 0 Å². The summed E-state index contributed by atoms with van der Waals surface area (Å²) in [6, 6.07) is 14.4. The molecule has 2 amide bonds. The fourth-order valence-corrected chi connectivity index (χ4v) is 6.01. The summed E-state index contributed by atoms with van der Waals surface area (Å²) in [5.41, 5.74) is 17.1. The third kappa shape index (κ3) is 10.7. The van der Waals surface area contributed by atoms with E-state index in [1.165, 1.54) is 42.5 Å². The molecule has 0 fully saturated rings. The van der Waals surface area contributed by atoms with Crippen molar-refractivity contribution in [2.75, 3.05) is 18.9 Å². The van der Waals surface area contributed by atoms with E-state index in [0.717, 1.165) is 18.2 Å². The number of aromatic hydroxyl groups is 1. The van der Waals surface area contributed by atoms with Crippen LogP contribution in [-0.2, 0) is 31.1 Å². The third-order valence-corrected chi connectivity index (χ3v) is 9.04. The van der Waals surface area contributed by atoms with Crippen LogP contribution in [-0.4, -0.2) is 62.9 Å². The Morgan fingerprint density at radius 2 is 1.29 bits per heavy atom. The topological polar surface area (TPSA) is 363 Å². The SMILES string of the molecule is Cc1cc(N=Nc2cc(OCC(N)=O)c(N=Nc3c(OS(=O)O)cc4cc(S(=O)(=O)O)c(N)cc4c3O)cc2C)c(OCC(N)=O)cc1N=Nc1cccc(C(=O)O)c1. The first kappa shape index (κ1) is 42.7. The summed E-state index contributed by atoms with van der Waals surface area (Å²) in [4.78, 5) is 33.9. The minimum atomic E-state index is -4.80. The lowest BCUT2D eigenvalue weighted by Gasteiger charge is -2.12. The number of benzene rings is 5. The summed E-state index contributed by atoms with van der Waals surface area (Å²) in [7, 11) is -4.80. The van der Waals surface area contributed by atoms with Crippen molar-refractivity contribution in [1.82, 2.24) is 0 Å². The Bertz CT molecular complexity index is 2760. The summed E-state index contributed by atoms with van der Waals surface area (Å²) in [5, 5.41) is 45.2. The average Bonchev–Trinajstić information content (AvgIpc) is 3.15. The zero-order valence-corrected chi connectivity index (χ0v) is 32.1. The number of rotatable bonds is 16. The predicted octanol–water partition coefficient (Wildman–Crippen LogP) is 6.18. The number of phenols is 1. The fourth-order valence-electron chi connectivity index (χ4n) is 5.10. The molecule has 0 aliphatic carbocycles. The maximum Gasteiger partial charge on any atom is 0.357 e. The standard InChI is InChI=1S/C35H31N9O13S2/c1-16-6-25(27(55-14-31(37)45)12-23(16)40-39-20-5-3-4-18(8-20)35(48)49)42-41-24-13-28(56-15-32(38)46)26(7-17(24)2)43-44-33-29(57-58(50)51)9-19-10-30(59(52,53)54)22(36)11-21(19)34(33)47/h3-13,47H,14-15,36H2,1-2H3,(H2,37,45)(H2,38,46)(H,48,49)(H,50,51)(H,52,53,54). The van der Waals surface area contributed by atoms with Gasteiger partial charge in [-0.2, -0.15) is 28.0 Å². The normalized spacial score (nSPS) is 12.3. The number of phenolic OH excluding ortho intramolecular Hbond substituents is 1. The van der Waals surface area contributed by atoms with E-state index in [-0.39, 0.29) is 56.3 Å². The van der Waals surface area contributed by atoms with Crippen LogP contribution in [0.3, 0.4) is 0 Å². The van der Waals surface area contributed by atoms with E-state index < -0.39 is 80.2 Å². The molecule has 5 aromatic rings.